The lowest BCUT2D eigenvalue weighted by Crippen LogP contribution is -2.29. The second-order valence-corrected chi connectivity index (χ2v) is 4.33. The fourth-order valence-corrected chi connectivity index (χ4v) is 1.90. The highest BCUT2D eigenvalue weighted by Crippen LogP contribution is 2.31. The van der Waals surface area contributed by atoms with E-state index in [1.807, 2.05) is 18.4 Å². The van der Waals surface area contributed by atoms with Crippen molar-refractivity contribution in [2.24, 2.45) is 13.0 Å². The zero-order valence-electron chi connectivity index (χ0n) is 10.9. The summed E-state index contributed by atoms with van der Waals surface area (Å²) in [6.45, 7) is 4.82. The summed E-state index contributed by atoms with van der Waals surface area (Å²) >= 11 is 0. The smallest absolute Gasteiger partial charge is 0.324 e. The van der Waals surface area contributed by atoms with Crippen molar-refractivity contribution >= 4 is 11.2 Å². The number of fused-ring (bicyclic) bond motifs is 1. The summed E-state index contributed by atoms with van der Waals surface area (Å²) in [4.78, 5) is 29.5. The van der Waals surface area contributed by atoms with Gasteiger partial charge < -0.3 is 4.57 Å². The minimum atomic E-state index is -0.422. The van der Waals surface area contributed by atoms with Crippen LogP contribution in [0.15, 0.2) is 15.9 Å². The van der Waals surface area contributed by atoms with Gasteiger partial charge >= 0.3 is 5.69 Å². The number of nitrogens with zero attached hydrogens (tertiary/aromatic N) is 3. The van der Waals surface area contributed by atoms with Crippen molar-refractivity contribution in [2.75, 3.05) is 0 Å². The molecule has 0 saturated heterocycles. The molecule has 18 heavy (non-hydrogen) atoms. The summed E-state index contributed by atoms with van der Waals surface area (Å²) in [5.41, 5.74) is 0.175. The van der Waals surface area contributed by atoms with Gasteiger partial charge in [0.25, 0.3) is 5.56 Å². The lowest BCUT2D eigenvalue weighted by atomic mass is 10.4. The van der Waals surface area contributed by atoms with Crippen molar-refractivity contribution in [1.82, 2.24) is 19.1 Å². The highest BCUT2D eigenvalue weighted by Gasteiger charge is 2.23. The molecule has 2 heterocycles. The molecule has 0 bridgehead atoms. The zero-order chi connectivity index (χ0) is 13.3. The molecule has 0 aromatic carbocycles. The molecule has 98 valence electrons. The first-order valence-corrected chi connectivity index (χ1v) is 6.31. The van der Waals surface area contributed by atoms with E-state index in [1.165, 1.54) is 17.4 Å². The van der Waals surface area contributed by atoms with E-state index in [4.69, 9.17) is 0 Å². The molecule has 0 atom stereocenters. The van der Waals surface area contributed by atoms with Crippen molar-refractivity contribution in [3.63, 3.8) is 0 Å². The van der Waals surface area contributed by atoms with Crippen LogP contribution in [-0.2, 0) is 13.6 Å². The fourth-order valence-electron chi connectivity index (χ4n) is 1.90. The third kappa shape index (κ3) is 2.10. The van der Waals surface area contributed by atoms with E-state index in [1.54, 1.807) is 13.4 Å². The van der Waals surface area contributed by atoms with Crippen LogP contribution in [0.4, 0.5) is 0 Å². The lowest BCUT2D eigenvalue weighted by molar-refractivity contribution is 0.640. The Morgan fingerprint density at radius 1 is 1.39 bits per heavy atom. The van der Waals surface area contributed by atoms with Crippen molar-refractivity contribution in [1.29, 1.82) is 0 Å². The quantitative estimate of drug-likeness (QED) is 0.859. The van der Waals surface area contributed by atoms with Gasteiger partial charge in [0.15, 0.2) is 11.2 Å². The summed E-state index contributed by atoms with van der Waals surface area (Å²) < 4.78 is 3.20. The van der Waals surface area contributed by atoms with Crippen molar-refractivity contribution in [3.05, 3.63) is 27.2 Å². The first kappa shape index (κ1) is 12.6. The van der Waals surface area contributed by atoms with Crippen molar-refractivity contribution < 1.29 is 0 Å². The first-order chi connectivity index (χ1) is 8.66. The number of rotatable bonds is 2. The highest BCUT2D eigenvalue weighted by atomic mass is 16.2. The Labute approximate surface area is 104 Å². The summed E-state index contributed by atoms with van der Waals surface area (Å²) in [5, 5.41) is 0. The number of aromatic nitrogens is 4. The summed E-state index contributed by atoms with van der Waals surface area (Å²) in [7, 11) is 1.61. The second-order valence-electron chi connectivity index (χ2n) is 4.33. The molecule has 1 aliphatic carbocycles. The van der Waals surface area contributed by atoms with Crippen LogP contribution in [0.2, 0.25) is 0 Å². The molecule has 1 aliphatic rings. The van der Waals surface area contributed by atoms with E-state index < -0.39 is 5.69 Å². The van der Waals surface area contributed by atoms with E-state index >= 15 is 0 Å². The molecule has 0 amide bonds. The monoisotopic (exact) mass is 250 g/mol. The molecule has 0 radical (unpaired) electrons. The predicted octanol–water partition coefficient (Wildman–Crippen LogP) is 0.859. The van der Waals surface area contributed by atoms with Crippen LogP contribution in [0.25, 0.3) is 11.2 Å². The summed E-state index contributed by atoms with van der Waals surface area (Å²) in [6.07, 6.45) is 4.06. The zero-order valence-corrected chi connectivity index (χ0v) is 10.9. The minimum absolute atomic E-state index is 0.351. The highest BCUT2D eigenvalue weighted by molar-refractivity contribution is 5.69. The average molecular weight is 250 g/mol. The van der Waals surface area contributed by atoms with Crippen LogP contribution in [-0.4, -0.2) is 19.1 Å². The predicted molar refractivity (Wildman–Crippen MR) is 69.7 cm³/mol. The van der Waals surface area contributed by atoms with Gasteiger partial charge in [0.2, 0.25) is 0 Å². The van der Waals surface area contributed by atoms with Gasteiger partial charge in [0, 0.05) is 13.6 Å². The number of hydrogen-bond acceptors (Lipinski definition) is 3. The number of imidazole rings is 1. The molecule has 0 unspecified atom stereocenters. The molecule has 3 rings (SSSR count). The molecule has 2 aromatic rings. The van der Waals surface area contributed by atoms with Gasteiger partial charge in [-0.1, -0.05) is 13.8 Å². The van der Waals surface area contributed by atoms with Crippen LogP contribution in [0.1, 0.15) is 26.7 Å². The largest absolute Gasteiger partial charge is 0.329 e. The maximum Gasteiger partial charge on any atom is 0.329 e. The van der Waals surface area contributed by atoms with Gasteiger partial charge in [-0.2, -0.15) is 0 Å². The molecule has 6 nitrogen and oxygen atoms in total. The number of hydrogen-bond donors (Lipinski definition) is 1. The molecular formula is C12H18N4O2. The molecule has 0 aliphatic heterocycles. The lowest BCUT2D eigenvalue weighted by Gasteiger charge is -2.02. The van der Waals surface area contributed by atoms with Gasteiger partial charge in [0.05, 0.1) is 6.33 Å². The Kier molecular flexibility index (Phi) is 3.36. The third-order valence-electron chi connectivity index (χ3n) is 3.03. The molecule has 2 aromatic heterocycles. The van der Waals surface area contributed by atoms with E-state index in [-0.39, 0.29) is 5.56 Å². The number of aryl methyl sites for hydroxylation is 1. The van der Waals surface area contributed by atoms with Crippen LogP contribution in [0.5, 0.6) is 0 Å². The van der Waals surface area contributed by atoms with Gasteiger partial charge in [0.1, 0.15) is 0 Å². The Morgan fingerprint density at radius 2 is 2.06 bits per heavy atom. The minimum Gasteiger partial charge on any atom is -0.324 e. The second kappa shape index (κ2) is 4.80. The maximum absolute atomic E-state index is 11.7. The molecular weight excluding hydrogens is 232 g/mol. The number of nitrogens with one attached hydrogen (secondary N) is 1. The molecule has 6 heteroatoms. The van der Waals surface area contributed by atoms with E-state index in [9.17, 15) is 9.59 Å². The van der Waals surface area contributed by atoms with Crippen molar-refractivity contribution in [2.45, 2.75) is 33.2 Å². The van der Waals surface area contributed by atoms with E-state index in [0.29, 0.717) is 17.1 Å². The summed E-state index contributed by atoms with van der Waals surface area (Å²) in [5.74, 6) is 0.661. The van der Waals surface area contributed by atoms with Crippen LogP contribution < -0.4 is 11.2 Å². The molecule has 1 fully saturated rings. The Balaban J connectivity index is 0.000000574. The van der Waals surface area contributed by atoms with E-state index in [2.05, 4.69) is 9.97 Å². The first-order valence-electron chi connectivity index (χ1n) is 6.31. The maximum atomic E-state index is 11.7. The Bertz CT molecular complexity index is 661. The molecule has 0 spiro atoms. The van der Waals surface area contributed by atoms with E-state index in [0.717, 1.165) is 6.54 Å². The van der Waals surface area contributed by atoms with Crippen LogP contribution in [0.3, 0.4) is 0 Å². The standard InChI is InChI=1S/C10H12N4O2.C2H6/c1-13-8-7(9(15)12-10(13)16)14(5-11-8)4-6-2-3-6;1-2/h5-6H,2-4H2,1H3,(H,12,15,16);1-2H3. The fraction of sp³-hybridized carbons (Fsp3) is 0.583. The summed E-state index contributed by atoms with van der Waals surface area (Å²) in [6, 6.07) is 0. The Morgan fingerprint density at radius 3 is 2.67 bits per heavy atom. The topological polar surface area (TPSA) is 72.7 Å². The SMILES string of the molecule is CC.Cn1c(=O)[nH]c(=O)c2c1ncn2CC1CC1. The number of aromatic amines is 1. The van der Waals surface area contributed by atoms with Gasteiger partial charge in [-0.3, -0.25) is 14.3 Å². The molecule has 1 saturated carbocycles. The van der Waals surface area contributed by atoms with Crippen LogP contribution in [0, 0.1) is 5.92 Å². The molecule has 1 N–H and O–H groups in total. The normalized spacial score (nSPS) is 14.4. The van der Waals surface area contributed by atoms with Gasteiger partial charge in [-0.05, 0) is 18.8 Å². The van der Waals surface area contributed by atoms with Gasteiger partial charge in [-0.25, -0.2) is 9.78 Å². The van der Waals surface area contributed by atoms with Gasteiger partial charge in [-0.15, -0.1) is 0 Å². The average Bonchev–Trinajstić information content (AvgIpc) is 3.07. The van der Waals surface area contributed by atoms with Crippen LogP contribution >= 0.6 is 0 Å². The van der Waals surface area contributed by atoms with Crippen molar-refractivity contribution in [3.8, 4) is 0 Å². The number of H-pyrrole nitrogens is 1. The third-order valence-corrected chi connectivity index (χ3v) is 3.03. The Hall–Kier alpha value is -1.85.